The lowest BCUT2D eigenvalue weighted by molar-refractivity contribution is -0.116. The lowest BCUT2D eigenvalue weighted by atomic mass is 10.1. The number of methoxy groups -OCH3 is 1. The summed E-state index contributed by atoms with van der Waals surface area (Å²) in [6, 6.07) is 15.1. The Balaban J connectivity index is 1.86. The molecule has 2 aromatic carbocycles. The van der Waals surface area contributed by atoms with Crippen molar-refractivity contribution in [2.75, 3.05) is 12.4 Å². The predicted molar refractivity (Wildman–Crippen MR) is 110 cm³/mol. The number of carbonyl (C=O) groups excluding carboxylic acids is 2. The van der Waals surface area contributed by atoms with Gasteiger partial charge in [-0.25, -0.2) is 4.98 Å². The molecule has 0 unspecified atom stereocenters. The molecule has 0 bridgehead atoms. The van der Waals surface area contributed by atoms with Crippen LogP contribution in [0.15, 0.2) is 59.4 Å². The Labute approximate surface area is 168 Å². The van der Waals surface area contributed by atoms with Gasteiger partial charge in [-0.2, -0.15) is 0 Å². The molecule has 3 aromatic rings. The molecule has 0 spiro atoms. The summed E-state index contributed by atoms with van der Waals surface area (Å²) in [5, 5.41) is 2.74. The van der Waals surface area contributed by atoms with Gasteiger partial charge in [0.05, 0.1) is 7.11 Å². The highest BCUT2D eigenvalue weighted by Crippen LogP contribution is 2.20. The Morgan fingerprint density at radius 2 is 1.72 bits per heavy atom. The lowest BCUT2D eigenvalue weighted by Crippen LogP contribution is -2.29. The quantitative estimate of drug-likeness (QED) is 0.652. The average Bonchev–Trinajstić information content (AvgIpc) is 2.70. The first-order valence-electron chi connectivity index (χ1n) is 9.01. The van der Waals surface area contributed by atoms with Crippen molar-refractivity contribution in [2.45, 2.75) is 20.4 Å². The van der Waals surface area contributed by atoms with Crippen LogP contribution in [-0.2, 0) is 11.3 Å². The fourth-order valence-electron chi connectivity index (χ4n) is 2.87. The summed E-state index contributed by atoms with van der Waals surface area (Å²) in [5.41, 5.74) is 2.05. The molecule has 0 saturated heterocycles. The van der Waals surface area contributed by atoms with Crippen molar-refractivity contribution in [1.29, 1.82) is 0 Å². The molecule has 0 fully saturated rings. The second-order valence-electron chi connectivity index (χ2n) is 6.56. The van der Waals surface area contributed by atoms with E-state index in [1.807, 2.05) is 0 Å². The van der Waals surface area contributed by atoms with Crippen LogP contribution in [0, 0.1) is 6.92 Å². The molecule has 0 saturated carbocycles. The number of ether oxygens (including phenoxy) is 1. The van der Waals surface area contributed by atoms with E-state index in [0.717, 1.165) is 0 Å². The van der Waals surface area contributed by atoms with Gasteiger partial charge in [-0.05, 0) is 62.4 Å². The molecule has 0 aliphatic carbocycles. The first-order valence-corrected chi connectivity index (χ1v) is 9.01. The SMILES string of the molecule is COc1ccc(-c2nc(C)cc(=O)n2CC(=O)Nc2ccc(C(C)=O)cc2)cc1. The predicted octanol–water partition coefficient (Wildman–Crippen LogP) is 3.07. The Bertz CT molecular complexity index is 1100. The maximum Gasteiger partial charge on any atom is 0.254 e. The van der Waals surface area contributed by atoms with Gasteiger partial charge in [0.1, 0.15) is 18.1 Å². The van der Waals surface area contributed by atoms with Gasteiger partial charge in [0.2, 0.25) is 5.91 Å². The van der Waals surface area contributed by atoms with E-state index in [9.17, 15) is 14.4 Å². The average molecular weight is 391 g/mol. The Morgan fingerprint density at radius 3 is 2.31 bits per heavy atom. The molecule has 0 aliphatic rings. The van der Waals surface area contributed by atoms with Gasteiger partial charge >= 0.3 is 0 Å². The number of carbonyl (C=O) groups is 2. The van der Waals surface area contributed by atoms with E-state index in [4.69, 9.17) is 4.74 Å². The molecule has 0 aliphatic heterocycles. The van der Waals surface area contributed by atoms with Crippen molar-refractivity contribution in [1.82, 2.24) is 9.55 Å². The molecule has 7 heteroatoms. The number of nitrogens with one attached hydrogen (secondary N) is 1. The normalized spacial score (nSPS) is 10.4. The van der Waals surface area contributed by atoms with Crippen molar-refractivity contribution in [3.8, 4) is 17.1 Å². The van der Waals surface area contributed by atoms with Crippen LogP contribution in [0.25, 0.3) is 11.4 Å². The first kappa shape index (κ1) is 20.0. The van der Waals surface area contributed by atoms with E-state index in [-0.39, 0.29) is 23.8 Å². The van der Waals surface area contributed by atoms with Crippen molar-refractivity contribution in [2.24, 2.45) is 0 Å². The summed E-state index contributed by atoms with van der Waals surface area (Å²) in [7, 11) is 1.57. The van der Waals surface area contributed by atoms with Crippen LogP contribution < -0.4 is 15.6 Å². The highest BCUT2D eigenvalue weighted by atomic mass is 16.5. The molecule has 1 aromatic heterocycles. The smallest absolute Gasteiger partial charge is 0.254 e. The molecule has 29 heavy (non-hydrogen) atoms. The zero-order chi connectivity index (χ0) is 21.0. The number of aryl methyl sites for hydroxylation is 1. The molecule has 0 radical (unpaired) electrons. The van der Waals surface area contributed by atoms with Crippen LogP contribution in [0.4, 0.5) is 5.69 Å². The van der Waals surface area contributed by atoms with Crippen LogP contribution in [-0.4, -0.2) is 28.4 Å². The van der Waals surface area contributed by atoms with E-state index in [2.05, 4.69) is 10.3 Å². The van der Waals surface area contributed by atoms with E-state index >= 15 is 0 Å². The van der Waals surface area contributed by atoms with Crippen molar-refractivity contribution < 1.29 is 14.3 Å². The maximum atomic E-state index is 12.5. The molecule has 1 heterocycles. The lowest BCUT2D eigenvalue weighted by Gasteiger charge is -2.13. The number of aromatic nitrogens is 2. The fourth-order valence-corrected chi connectivity index (χ4v) is 2.87. The summed E-state index contributed by atoms with van der Waals surface area (Å²) >= 11 is 0. The molecule has 148 valence electrons. The summed E-state index contributed by atoms with van der Waals surface area (Å²) in [6.45, 7) is 3.02. The van der Waals surface area contributed by atoms with Crippen molar-refractivity contribution in [3.05, 3.63) is 76.2 Å². The molecule has 0 atom stereocenters. The van der Waals surface area contributed by atoms with Gasteiger partial charge in [0.25, 0.3) is 5.56 Å². The van der Waals surface area contributed by atoms with Gasteiger partial charge < -0.3 is 10.1 Å². The number of hydrogen-bond donors (Lipinski definition) is 1. The van der Waals surface area contributed by atoms with Gasteiger partial charge in [-0.15, -0.1) is 0 Å². The topological polar surface area (TPSA) is 90.3 Å². The standard InChI is InChI=1S/C22H21N3O4/c1-14-12-21(28)25(22(23-14)17-6-10-19(29-3)11-7-17)13-20(27)24-18-8-4-16(5-9-18)15(2)26/h4-12H,13H2,1-3H3,(H,24,27). The third-order valence-electron chi connectivity index (χ3n) is 4.36. The minimum Gasteiger partial charge on any atom is -0.497 e. The highest BCUT2D eigenvalue weighted by molar-refractivity contribution is 5.95. The number of anilines is 1. The summed E-state index contributed by atoms with van der Waals surface area (Å²) in [6.07, 6.45) is 0. The summed E-state index contributed by atoms with van der Waals surface area (Å²) < 4.78 is 6.49. The van der Waals surface area contributed by atoms with Gasteiger partial charge in [-0.3, -0.25) is 19.0 Å². The van der Waals surface area contributed by atoms with Crippen LogP contribution in [0.5, 0.6) is 5.75 Å². The monoisotopic (exact) mass is 391 g/mol. The number of ketones is 1. The molecule has 7 nitrogen and oxygen atoms in total. The van der Waals surface area contributed by atoms with Crippen LogP contribution in [0.3, 0.4) is 0 Å². The summed E-state index contributed by atoms with van der Waals surface area (Å²) in [5.74, 6) is 0.661. The Morgan fingerprint density at radius 1 is 1.07 bits per heavy atom. The number of hydrogen-bond acceptors (Lipinski definition) is 5. The van der Waals surface area contributed by atoms with Crippen LogP contribution >= 0.6 is 0 Å². The minimum atomic E-state index is -0.372. The Kier molecular flexibility index (Phi) is 5.87. The largest absolute Gasteiger partial charge is 0.497 e. The zero-order valence-electron chi connectivity index (χ0n) is 16.4. The molecular formula is C22H21N3O4. The number of nitrogens with zero attached hydrogens (tertiary/aromatic N) is 2. The third kappa shape index (κ3) is 4.76. The summed E-state index contributed by atoms with van der Waals surface area (Å²) in [4.78, 5) is 40.9. The van der Waals surface area contributed by atoms with Gasteiger partial charge in [0, 0.05) is 28.6 Å². The molecule has 1 amide bonds. The van der Waals surface area contributed by atoms with Gasteiger partial charge in [0.15, 0.2) is 5.78 Å². The second kappa shape index (κ2) is 8.52. The second-order valence-corrected chi connectivity index (χ2v) is 6.56. The molecule has 1 N–H and O–H groups in total. The van der Waals surface area contributed by atoms with E-state index < -0.39 is 0 Å². The van der Waals surface area contributed by atoms with E-state index in [0.29, 0.717) is 34.1 Å². The van der Waals surface area contributed by atoms with Crippen molar-refractivity contribution >= 4 is 17.4 Å². The Hall–Kier alpha value is -3.74. The number of benzene rings is 2. The van der Waals surface area contributed by atoms with E-state index in [1.165, 1.54) is 17.6 Å². The number of rotatable bonds is 6. The van der Waals surface area contributed by atoms with Crippen LogP contribution in [0.1, 0.15) is 23.0 Å². The minimum absolute atomic E-state index is 0.0516. The first-order chi connectivity index (χ1) is 13.9. The van der Waals surface area contributed by atoms with Crippen molar-refractivity contribution in [3.63, 3.8) is 0 Å². The zero-order valence-corrected chi connectivity index (χ0v) is 16.4. The molecular weight excluding hydrogens is 370 g/mol. The van der Waals surface area contributed by atoms with Gasteiger partial charge in [-0.1, -0.05) is 0 Å². The number of amides is 1. The maximum absolute atomic E-state index is 12.5. The fraction of sp³-hybridized carbons (Fsp3) is 0.182. The van der Waals surface area contributed by atoms with E-state index in [1.54, 1.807) is 62.6 Å². The third-order valence-corrected chi connectivity index (χ3v) is 4.36. The van der Waals surface area contributed by atoms with Crippen LogP contribution in [0.2, 0.25) is 0 Å². The number of Topliss-reactive ketones (excluding diaryl/α,β-unsaturated/α-hetero) is 1. The highest BCUT2D eigenvalue weighted by Gasteiger charge is 2.14. The molecule has 3 rings (SSSR count).